The number of nitrogens with zero attached hydrogens (tertiary/aromatic N) is 4. The van der Waals surface area contributed by atoms with E-state index < -0.39 is 0 Å². The molecule has 0 amide bonds. The van der Waals surface area contributed by atoms with E-state index >= 15 is 0 Å². The zero-order chi connectivity index (χ0) is 11.9. The van der Waals surface area contributed by atoms with Crippen LogP contribution in [0.3, 0.4) is 0 Å². The molecule has 6 heteroatoms. The van der Waals surface area contributed by atoms with Crippen molar-refractivity contribution >= 4 is 47.0 Å². The van der Waals surface area contributed by atoms with E-state index in [1.807, 2.05) is 0 Å². The normalized spacial score (nSPS) is 11.3. The van der Waals surface area contributed by atoms with E-state index in [9.17, 15) is 0 Å². The van der Waals surface area contributed by atoms with Gasteiger partial charge >= 0.3 is 113 Å². The molecule has 0 fully saturated rings. The van der Waals surface area contributed by atoms with Crippen LogP contribution in [-0.4, -0.2) is 33.2 Å². The summed E-state index contributed by atoms with van der Waals surface area (Å²) in [7, 11) is 0. The molecule has 0 N–H and O–H groups in total. The zero-order valence-corrected chi connectivity index (χ0v) is 11.6. The van der Waals surface area contributed by atoms with Crippen LogP contribution in [0, 0.1) is 0 Å². The summed E-state index contributed by atoms with van der Waals surface area (Å²) in [6.07, 6.45) is 1.57. The van der Waals surface area contributed by atoms with Crippen LogP contribution in [0.5, 0.6) is 0 Å². The second-order valence-corrected chi connectivity index (χ2v) is 6.61. The average molecular weight is 317 g/mol. The molecule has 18 heavy (non-hydrogen) atoms. The molecular formula is C12H6N4SSe. The first-order valence-corrected chi connectivity index (χ1v) is 7.78. The van der Waals surface area contributed by atoms with Crippen molar-refractivity contribution in [3.63, 3.8) is 0 Å². The average Bonchev–Trinajstić information content (AvgIpc) is 3.04. The van der Waals surface area contributed by atoms with E-state index in [0.29, 0.717) is 20.2 Å². The van der Waals surface area contributed by atoms with E-state index in [1.54, 1.807) is 6.33 Å². The van der Waals surface area contributed by atoms with E-state index in [2.05, 4.69) is 49.0 Å². The quantitative estimate of drug-likeness (QED) is 0.506. The standard InChI is InChI=1S/C12H6N4SSe/c1-2-4-8-7(3-1)5-9(18-8)10-11-12(14-6-13-10)16-17-15-11/h1-6H. The van der Waals surface area contributed by atoms with Crippen molar-refractivity contribution < 1.29 is 0 Å². The third-order valence-electron chi connectivity index (χ3n) is 2.72. The van der Waals surface area contributed by atoms with Crippen LogP contribution in [0.15, 0.2) is 36.7 Å². The fraction of sp³-hybridized carbons (Fsp3) is 0. The van der Waals surface area contributed by atoms with Crippen molar-refractivity contribution in [2.45, 2.75) is 0 Å². The molecule has 0 saturated heterocycles. The molecule has 3 aromatic heterocycles. The molecule has 0 aliphatic rings. The van der Waals surface area contributed by atoms with Gasteiger partial charge in [-0.15, -0.1) is 0 Å². The molecule has 86 valence electrons. The Morgan fingerprint density at radius 3 is 2.94 bits per heavy atom. The second-order valence-electron chi connectivity index (χ2n) is 3.81. The summed E-state index contributed by atoms with van der Waals surface area (Å²) in [4.78, 5) is 8.51. The summed E-state index contributed by atoms with van der Waals surface area (Å²) in [6.45, 7) is 0. The van der Waals surface area contributed by atoms with Gasteiger partial charge < -0.3 is 0 Å². The van der Waals surface area contributed by atoms with Gasteiger partial charge in [-0.25, -0.2) is 0 Å². The number of fused-ring (bicyclic) bond motifs is 2. The summed E-state index contributed by atoms with van der Waals surface area (Å²) in [5.74, 6) is 0. The van der Waals surface area contributed by atoms with Gasteiger partial charge in [0.15, 0.2) is 0 Å². The first-order valence-electron chi connectivity index (χ1n) is 5.34. The Morgan fingerprint density at radius 2 is 2.00 bits per heavy atom. The first kappa shape index (κ1) is 10.3. The SMILES string of the molecule is c1ccc2[se]c(-c3ncnc4nsnc34)cc2c1. The van der Waals surface area contributed by atoms with E-state index in [0.717, 1.165) is 11.2 Å². The number of hydrogen-bond donors (Lipinski definition) is 0. The molecular weight excluding hydrogens is 311 g/mol. The van der Waals surface area contributed by atoms with Crippen molar-refractivity contribution in [1.29, 1.82) is 0 Å². The van der Waals surface area contributed by atoms with E-state index in [4.69, 9.17) is 0 Å². The maximum atomic E-state index is 4.38. The predicted octanol–water partition coefficient (Wildman–Crippen LogP) is 2.36. The van der Waals surface area contributed by atoms with Gasteiger partial charge in [-0.1, -0.05) is 0 Å². The molecule has 0 unspecified atom stereocenters. The third kappa shape index (κ3) is 1.50. The Labute approximate surface area is 112 Å². The number of aromatic nitrogens is 4. The molecule has 4 aromatic rings. The molecule has 4 rings (SSSR count). The zero-order valence-electron chi connectivity index (χ0n) is 9.07. The van der Waals surface area contributed by atoms with Crippen molar-refractivity contribution in [3.8, 4) is 10.1 Å². The Bertz CT molecular complexity index is 818. The van der Waals surface area contributed by atoms with Gasteiger partial charge in [0, 0.05) is 0 Å². The Hall–Kier alpha value is -1.62. The molecule has 1 aromatic carbocycles. The van der Waals surface area contributed by atoms with Gasteiger partial charge in [0.2, 0.25) is 0 Å². The number of benzene rings is 1. The molecule has 0 bridgehead atoms. The monoisotopic (exact) mass is 318 g/mol. The topological polar surface area (TPSA) is 51.6 Å². The summed E-state index contributed by atoms with van der Waals surface area (Å²) in [6, 6.07) is 10.7. The Balaban J connectivity index is 2.04. The third-order valence-corrected chi connectivity index (χ3v) is 5.60. The van der Waals surface area contributed by atoms with Gasteiger partial charge in [0.05, 0.1) is 0 Å². The van der Waals surface area contributed by atoms with Crippen molar-refractivity contribution in [1.82, 2.24) is 18.7 Å². The molecule has 0 aliphatic heterocycles. The summed E-state index contributed by atoms with van der Waals surface area (Å²) >= 11 is 1.48. The summed E-state index contributed by atoms with van der Waals surface area (Å²) < 4.78 is 11.1. The van der Waals surface area contributed by atoms with Crippen LogP contribution in [0.1, 0.15) is 0 Å². The van der Waals surface area contributed by atoms with Gasteiger partial charge in [0.25, 0.3) is 0 Å². The van der Waals surface area contributed by atoms with Crippen molar-refractivity contribution in [3.05, 3.63) is 36.7 Å². The van der Waals surface area contributed by atoms with Crippen LogP contribution >= 0.6 is 11.7 Å². The number of rotatable bonds is 1. The van der Waals surface area contributed by atoms with Crippen LogP contribution < -0.4 is 0 Å². The van der Waals surface area contributed by atoms with Crippen LogP contribution in [0.4, 0.5) is 0 Å². The van der Waals surface area contributed by atoms with Gasteiger partial charge in [-0.05, 0) is 0 Å². The fourth-order valence-electron chi connectivity index (χ4n) is 1.90. The van der Waals surface area contributed by atoms with Crippen LogP contribution in [0.25, 0.3) is 30.9 Å². The molecule has 3 heterocycles. The van der Waals surface area contributed by atoms with Crippen molar-refractivity contribution in [2.24, 2.45) is 0 Å². The summed E-state index contributed by atoms with van der Waals surface area (Å²) in [5.41, 5.74) is 2.45. The van der Waals surface area contributed by atoms with E-state index in [-0.39, 0.29) is 0 Å². The van der Waals surface area contributed by atoms with Crippen LogP contribution in [0.2, 0.25) is 0 Å². The maximum absolute atomic E-state index is 4.38. The van der Waals surface area contributed by atoms with Crippen molar-refractivity contribution in [2.75, 3.05) is 0 Å². The minimum atomic E-state index is 0.293. The molecule has 0 radical (unpaired) electrons. The molecule has 0 aliphatic carbocycles. The predicted molar refractivity (Wildman–Crippen MR) is 72.9 cm³/mol. The molecule has 0 atom stereocenters. The van der Waals surface area contributed by atoms with Crippen LogP contribution in [-0.2, 0) is 0 Å². The minimum absolute atomic E-state index is 0.293. The fourth-order valence-corrected chi connectivity index (χ4v) is 4.63. The second kappa shape index (κ2) is 3.95. The Kier molecular flexibility index (Phi) is 2.26. The van der Waals surface area contributed by atoms with Gasteiger partial charge in [-0.3, -0.25) is 0 Å². The van der Waals surface area contributed by atoms with E-state index in [1.165, 1.54) is 25.8 Å². The van der Waals surface area contributed by atoms with Gasteiger partial charge in [0.1, 0.15) is 0 Å². The first-order chi connectivity index (χ1) is 8.92. The molecule has 0 saturated carbocycles. The summed E-state index contributed by atoms with van der Waals surface area (Å²) in [5, 5.41) is 1.29. The number of hydrogen-bond acceptors (Lipinski definition) is 5. The molecule has 0 spiro atoms. The Morgan fingerprint density at radius 1 is 1.06 bits per heavy atom. The van der Waals surface area contributed by atoms with Gasteiger partial charge in [-0.2, -0.15) is 0 Å². The molecule has 4 nitrogen and oxygen atoms in total.